The number of nitrogens with zero attached hydrogens (tertiary/aromatic N) is 1. The van der Waals surface area contributed by atoms with Crippen molar-refractivity contribution in [2.45, 2.75) is 26.2 Å². The molecule has 2 aromatic rings. The van der Waals surface area contributed by atoms with E-state index in [0.29, 0.717) is 34.9 Å². The average Bonchev–Trinajstić information content (AvgIpc) is 3.16. The highest BCUT2D eigenvalue weighted by Gasteiger charge is 2.22. The summed E-state index contributed by atoms with van der Waals surface area (Å²) >= 11 is 1.43. The molecule has 0 bridgehead atoms. The molecular weight excluding hydrogens is 398 g/mol. The smallest absolute Gasteiger partial charge is 0.226 e. The molecule has 2 N–H and O–H groups in total. The molecule has 2 heterocycles. The number of methoxy groups -OCH3 is 2. The molecule has 3 rings (SSSR count). The Bertz CT molecular complexity index is 778. The molecule has 1 aliphatic heterocycles. The fraction of sp³-hybridized carbons (Fsp3) is 0.500. The Labute approximate surface area is 176 Å². The summed E-state index contributed by atoms with van der Waals surface area (Å²) in [5.74, 6) is 2.30. The van der Waals surface area contributed by atoms with Gasteiger partial charge in [-0.15, -0.1) is 23.7 Å². The number of halogens is 1. The van der Waals surface area contributed by atoms with Gasteiger partial charge in [0, 0.05) is 17.4 Å². The van der Waals surface area contributed by atoms with Crippen molar-refractivity contribution in [1.29, 1.82) is 0 Å². The van der Waals surface area contributed by atoms with Gasteiger partial charge in [-0.25, -0.2) is 4.98 Å². The minimum Gasteiger partial charge on any atom is -0.493 e. The second kappa shape index (κ2) is 10.6. The number of benzene rings is 1. The number of anilines is 1. The molecule has 1 aromatic heterocycles. The zero-order chi connectivity index (χ0) is 19.2. The monoisotopic (exact) mass is 425 g/mol. The van der Waals surface area contributed by atoms with Crippen LogP contribution >= 0.6 is 23.7 Å². The van der Waals surface area contributed by atoms with Crippen LogP contribution in [0.25, 0.3) is 11.3 Å². The van der Waals surface area contributed by atoms with Crippen LogP contribution in [0, 0.1) is 11.8 Å². The highest BCUT2D eigenvalue weighted by atomic mass is 35.5. The molecule has 2 unspecified atom stereocenters. The molecule has 0 saturated carbocycles. The highest BCUT2D eigenvalue weighted by Crippen LogP contribution is 2.33. The van der Waals surface area contributed by atoms with Crippen LogP contribution in [0.4, 0.5) is 5.13 Å². The first kappa shape index (κ1) is 22.5. The van der Waals surface area contributed by atoms with Crippen molar-refractivity contribution in [3.63, 3.8) is 0 Å². The van der Waals surface area contributed by atoms with Gasteiger partial charge in [0.05, 0.1) is 19.9 Å². The maximum Gasteiger partial charge on any atom is 0.226 e. The number of rotatable bonds is 7. The summed E-state index contributed by atoms with van der Waals surface area (Å²) in [7, 11) is 3.22. The maximum atomic E-state index is 12.4. The molecular formula is C20H28ClN3O3S. The molecule has 1 aromatic carbocycles. The Hall–Kier alpha value is -1.83. The zero-order valence-corrected chi connectivity index (χ0v) is 18.1. The van der Waals surface area contributed by atoms with Crippen molar-refractivity contribution in [3.8, 4) is 22.8 Å². The Balaban J connectivity index is 0.00000280. The Morgan fingerprint density at radius 2 is 2.14 bits per heavy atom. The van der Waals surface area contributed by atoms with Crippen molar-refractivity contribution >= 4 is 34.8 Å². The SMILES string of the molecule is COc1ccc(-c2csc(NC(=O)CC(C)C3CCCNC3)n2)cc1OC.Cl. The number of hydrogen-bond acceptors (Lipinski definition) is 6. The van der Waals surface area contributed by atoms with Crippen molar-refractivity contribution < 1.29 is 14.3 Å². The van der Waals surface area contributed by atoms with Crippen LogP contribution in [0.3, 0.4) is 0 Å². The molecule has 28 heavy (non-hydrogen) atoms. The van der Waals surface area contributed by atoms with E-state index >= 15 is 0 Å². The molecule has 8 heteroatoms. The summed E-state index contributed by atoms with van der Waals surface area (Å²) in [6.07, 6.45) is 2.91. The molecule has 2 atom stereocenters. The molecule has 0 aliphatic carbocycles. The van der Waals surface area contributed by atoms with E-state index in [9.17, 15) is 4.79 Å². The standard InChI is InChI=1S/C20H27N3O3S.ClH/c1-13(15-5-4-8-21-11-15)9-19(24)23-20-22-16(12-27-20)14-6-7-17(25-2)18(10-14)26-3;/h6-7,10,12-13,15,21H,4-5,8-9,11H2,1-3H3,(H,22,23,24);1H. The van der Waals surface area contributed by atoms with E-state index in [1.54, 1.807) is 14.2 Å². The second-order valence-corrected chi connectivity index (χ2v) is 7.80. The summed E-state index contributed by atoms with van der Waals surface area (Å²) in [5, 5.41) is 8.92. The molecule has 6 nitrogen and oxygen atoms in total. The normalized spacial score (nSPS) is 17.3. The number of aromatic nitrogens is 1. The Morgan fingerprint density at radius 3 is 2.82 bits per heavy atom. The molecule has 1 amide bonds. The third-order valence-corrected chi connectivity index (χ3v) is 5.83. The van der Waals surface area contributed by atoms with Crippen molar-refractivity contribution in [2.24, 2.45) is 11.8 Å². The van der Waals surface area contributed by atoms with Crippen molar-refractivity contribution in [3.05, 3.63) is 23.6 Å². The lowest BCUT2D eigenvalue weighted by atomic mass is 9.85. The number of amides is 1. The van der Waals surface area contributed by atoms with Gasteiger partial charge in [0.25, 0.3) is 0 Å². The number of thiazole rings is 1. The lowest BCUT2D eigenvalue weighted by Gasteiger charge is -2.27. The fourth-order valence-electron chi connectivity index (χ4n) is 3.45. The van der Waals surface area contributed by atoms with E-state index < -0.39 is 0 Å². The van der Waals surface area contributed by atoms with Crippen LogP contribution in [0.15, 0.2) is 23.6 Å². The third kappa shape index (κ3) is 5.59. The summed E-state index contributed by atoms with van der Waals surface area (Å²) in [4.78, 5) is 16.9. The number of piperidine rings is 1. The first-order valence-corrected chi connectivity index (χ1v) is 10.2. The van der Waals surface area contributed by atoms with Crippen LogP contribution < -0.4 is 20.1 Å². The van der Waals surface area contributed by atoms with Crippen molar-refractivity contribution in [1.82, 2.24) is 10.3 Å². The lowest BCUT2D eigenvalue weighted by Crippen LogP contribution is -2.34. The van der Waals surface area contributed by atoms with Gasteiger partial charge in [-0.1, -0.05) is 6.92 Å². The average molecular weight is 426 g/mol. The quantitative estimate of drug-likeness (QED) is 0.695. The minimum atomic E-state index is 0. The minimum absolute atomic E-state index is 0. The molecule has 1 aliphatic rings. The van der Waals surface area contributed by atoms with Gasteiger partial charge in [-0.2, -0.15) is 0 Å². The topological polar surface area (TPSA) is 72.5 Å². The summed E-state index contributed by atoms with van der Waals surface area (Å²) < 4.78 is 10.6. The Kier molecular flexibility index (Phi) is 8.54. The van der Waals surface area contributed by atoms with Gasteiger partial charge in [-0.05, 0) is 56.0 Å². The molecule has 154 valence electrons. The number of hydrogen-bond donors (Lipinski definition) is 2. The molecule has 1 fully saturated rings. The largest absolute Gasteiger partial charge is 0.493 e. The molecule has 1 saturated heterocycles. The summed E-state index contributed by atoms with van der Waals surface area (Å²) in [5.41, 5.74) is 1.73. The van der Waals surface area contributed by atoms with E-state index in [4.69, 9.17) is 9.47 Å². The van der Waals surface area contributed by atoms with Gasteiger partial charge in [0.1, 0.15) is 0 Å². The van der Waals surface area contributed by atoms with E-state index in [-0.39, 0.29) is 18.3 Å². The fourth-order valence-corrected chi connectivity index (χ4v) is 4.19. The van der Waals surface area contributed by atoms with Gasteiger partial charge < -0.3 is 20.1 Å². The number of carbonyl (C=O) groups excluding carboxylic acids is 1. The maximum absolute atomic E-state index is 12.4. The third-order valence-electron chi connectivity index (χ3n) is 5.08. The number of nitrogens with one attached hydrogen (secondary N) is 2. The number of carbonyl (C=O) groups is 1. The van der Waals surface area contributed by atoms with Crippen LogP contribution in [-0.4, -0.2) is 38.2 Å². The second-order valence-electron chi connectivity index (χ2n) is 6.94. The van der Waals surface area contributed by atoms with Gasteiger partial charge in [0.2, 0.25) is 5.91 Å². The Morgan fingerprint density at radius 1 is 1.36 bits per heavy atom. The predicted molar refractivity (Wildman–Crippen MR) is 116 cm³/mol. The first-order chi connectivity index (χ1) is 13.1. The predicted octanol–water partition coefficient (Wildman–Crippen LogP) is 4.21. The zero-order valence-electron chi connectivity index (χ0n) is 16.5. The number of ether oxygens (including phenoxy) is 2. The van der Waals surface area contributed by atoms with Crippen LogP contribution in [-0.2, 0) is 4.79 Å². The lowest BCUT2D eigenvalue weighted by molar-refractivity contribution is -0.117. The van der Waals surface area contributed by atoms with Crippen LogP contribution in [0.1, 0.15) is 26.2 Å². The molecule has 0 radical (unpaired) electrons. The molecule has 0 spiro atoms. The van der Waals surface area contributed by atoms with Crippen molar-refractivity contribution in [2.75, 3.05) is 32.6 Å². The van der Waals surface area contributed by atoms with Gasteiger partial charge in [0.15, 0.2) is 16.6 Å². The van der Waals surface area contributed by atoms with Gasteiger partial charge in [-0.3, -0.25) is 4.79 Å². The van der Waals surface area contributed by atoms with E-state index in [0.717, 1.165) is 24.3 Å². The summed E-state index contributed by atoms with van der Waals surface area (Å²) in [6.45, 7) is 4.26. The van der Waals surface area contributed by atoms with Gasteiger partial charge >= 0.3 is 0 Å². The van der Waals surface area contributed by atoms with Crippen LogP contribution in [0.2, 0.25) is 0 Å². The highest BCUT2D eigenvalue weighted by molar-refractivity contribution is 7.14. The van der Waals surface area contributed by atoms with E-state index in [2.05, 4.69) is 22.5 Å². The first-order valence-electron chi connectivity index (χ1n) is 9.29. The summed E-state index contributed by atoms with van der Waals surface area (Å²) in [6, 6.07) is 5.67. The van der Waals surface area contributed by atoms with E-state index in [1.807, 2.05) is 23.6 Å². The van der Waals surface area contributed by atoms with Crippen LogP contribution in [0.5, 0.6) is 11.5 Å². The van der Waals surface area contributed by atoms with E-state index in [1.165, 1.54) is 24.2 Å².